The molecule has 2 aromatic heterocycles. The molecule has 2 rings (SSSR count). The van der Waals surface area contributed by atoms with Gasteiger partial charge in [-0.2, -0.15) is 0 Å². The van der Waals surface area contributed by atoms with Crippen LogP contribution in [0.4, 0.5) is 13.2 Å². The van der Waals surface area contributed by atoms with Gasteiger partial charge in [0.05, 0.1) is 11.7 Å². The molecule has 84 valence electrons. The molecular weight excluding hydrogens is 225 g/mol. The van der Waals surface area contributed by atoms with Crippen LogP contribution in [0, 0.1) is 0 Å². The number of hydrogen-bond donors (Lipinski definition) is 0. The van der Waals surface area contributed by atoms with Crippen molar-refractivity contribution in [2.45, 2.75) is 6.36 Å². The number of rotatable bonds is 1. The largest absolute Gasteiger partial charge is 0.575 e. The van der Waals surface area contributed by atoms with E-state index in [4.69, 9.17) is 0 Å². The van der Waals surface area contributed by atoms with Crippen LogP contribution in [0.1, 0.15) is 10.6 Å². The van der Waals surface area contributed by atoms with Crippen molar-refractivity contribution in [3.63, 3.8) is 0 Å². The van der Waals surface area contributed by atoms with Gasteiger partial charge in [0.15, 0.2) is 0 Å². The Kier molecular flexibility index (Phi) is 2.30. The Morgan fingerprint density at radius 1 is 1.38 bits per heavy atom. The molecule has 0 radical (unpaired) electrons. The third-order valence-corrected chi connectivity index (χ3v) is 1.83. The Labute approximate surface area is 87.3 Å². The van der Waals surface area contributed by atoms with Crippen molar-refractivity contribution in [2.75, 3.05) is 0 Å². The van der Waals surface area contributed by atoms with Crippen molar-refractivity contribution in [1.82, 2.24) is 9.38 Å². The van der Waals surface area contributed by atoms with Crippen LogP contribution in [-0.4, -0.2) is 21.7 Å². The van der Waals surface area contributed by atoms with Crippen LogP contribution in [-0.2, 0) is 4.74 Å². The van der Waals surface area contributed by atoms with Crippen molar-refractivity contribution in [3.8, 4) is 0 Å². The molecule has 0 aromatic carbocycles. The lowest BCUT2D eigenvalue weighted by molar-refractivity contribution is -0.292. The van der Waals surface area contributed by atoms with E-state index in [9.17, 15) is 18.0 Å². The van der Waals surface area contributed by atoms with Gasteiger partial charge in [-0.3, -0.25) is 4.40 Å². The molecule has 0 aliphatic carbocycles. The van der Waals surface area contributed by atoms with Crippen LogP contribution in [0.3, 0.4) is 0 Å². The maximum Gasteiger partial charge on any atom is 0.575 e. The van der Waals surface area contributed by atoms with Gasteiger partial charge in [-0.15, -0.1) is 13.2 Å². The summed E-state index contributed by atoms with van der Waals surface area (Å²) in [6.45, 7) is 0. The van der Waals surface area contributed by atoms with Crippen LogP contribution in [0.25, 0.3) is 5.52 Å². The second-order valence-corrected chi connectivity index (χ2v) is 2.91. The fourth-order valence-corrected chi connectivity index (χ4v) is 1.25. The number of halogens is 3. The Morgan fingerprint density at radius 2 is 2.12 bits per heavy atom. The molecule has 2 aromatic rings. The summed E-state index contributed by atoms with van der Waals surface area (Å²) in [6.07, 6.45) is -2.29. The Hall–Kier alpha value is -2.05. The van der Waals surface area contributed by atoms with E-state index in [1.54, 1.807) is 18.2 Å². The predicted octanol–water partition coefficient (Wildman–Crippen LogP) is 2.01. The minimum Gasteiger partial charge on any atom is -0.367 e. The SMILES string of the molecule is O=C(OC(F)(F)F)c1ncc2ccccn12. The van der Waals surface area contributed by atoms with E-state index in [1.165, 1.54) is 16.8 Å². The number of imidazole rings is 1. The van der Waals surface area contributed by atoms with Gasteiger partial charge in [0.2, 0.25) is 5.82 Å². The van der Waals surface area contributed by atoms with Crippen molar-refractivity contribution < 1.29 is 22.7 Å². The molecule has 0 spiro atoms. The molecule has 0 saturated carbocycles. The van der Waals surface area contributed by atoms with Gasteiger partial charge in [0, 0.05) is 6.20 Å². The second kappa shape index (κ2) is 3.51. The molecule has 2 heterocycles. The van der Waals surface area contributed by atoms with Crippen LogP contribution < -0.4 is 0 Å². The van der Waals surface area contributed by atoms with E-state index in [1.807, 2.05) is 0 Å². The molecule has 0 aliphatic heterocycles. The van der Waals surface area contributed by atoms with Crippen molar-refractivity contribution >= 4 is 11.5 Å². The Bertz CT molecular complexity index is 533. The molecule has 0 aliphatic rings. The van der Waals surface area contributed by atoms with Gasteiger partial charge in [0.25, 0.3) is 0 Å². The molecule has 0 saturated heterocycles. The number of fused-ring (bicyclic) bond motifs is 1. The fourth-order valence-electron chi connectivity index (χ4n) is 1.25. The summed E-state index contributed by atoms with van der Waals surface area (Å²) in [5.41, 5.74) is 0.511. The van der Waals surface area contributed by atoms with E-state index in [2.05, 4.69) is 9.72 Å². The van der Waals surface area contributed by atoms with Gasteiger partial charge in [-0.25, -0.2) is 9.78 Å². The van der Waals surface area contributed by atoms with E-state index in [0.29, 0.717) is 5.52 Å². The van der Waals surface area contributed by atoms with E-state index >= 15 is 0 Å². The van der Waals surface area contributed by atoms with Gasteiger partial charge in [-0.1, -0.05) is 6.07 Å². The monoisotopic (exact) mass is 230 g/mol. The molecule has 0 unspecified atom stereocenters. The number of nitrogens with zero attached hydrogens (tertiary/aromatic N) is 2. The molecule has 0 bridgehead atoms. The normalized spacial score (nSPS) is 11.7. The summed E-state index contributed by atoms with van der Waals surface area (Å²) < 4.78 is 39.9. The first-order chi connectivity index (χ1) is 7.47. The lowest BCUT2D eigenvalue weighted by atomic mass is 10.4. The number of ether oxygens (including phenoxy) is 1. The van der Waals surface area contributed by atoms with Gasteiger partial charge in [0.1, 0.15) is 0 Å². The van der Waals surface area contributed by atoms with E-state index < -0.39 is 18.2 Å². The highest BCUT2D eigenvalue weighted by Crippen LogP contribution is 2.18. The zero-order valence-electron chi connectivity index (χ0n) is 7.73. The first-order valence-corrected chi connectivity index (χ1v) is 4.19. The highest BCUT2D eigenvalue weighted by atomic mass is 19.4. The first-order valence-electron chi connectivity index (χ1n) is 4.19. The lowest BCUT2D eigenvalue weighted by Crippen LogP contribution is -2.21. The fraction of sp³-hybridized carbons (Fsp3) is 0.111. The Morgan fingerprint density at radius 3 is 2.81 bits per heavy atom. The van der Waals surface area contributed by atoms with E-state index in [0.717, 1.165) is 0 Å². The maximum atomic E-state index is 11.8. The number of carbonyl (C=O) groups is 1. The molecule has 7 heteroatoms. The van der Waals surface area contributed by atoms with Crippen LogP contribution in [0.5, 0.6) is 0 Å². The smallest absolute Gasteiger partial charge is 0.367 e. The highest BCUT2D eigenvalue weighted by Gasteiger charge is 2.35. The van der Waals surface area contributed by atoms with Crippen molar-refractivity contribution in [3.05, 3.63) is 36.4 Å². The second-order valence-electron chi connectivity index (χ2n) is 2.91. The molecule has 0 amide bonds. The number of alkyl halides is 3. The zero-order valence-corrected chi connectivity index (χ0v) is 7.73. The minimum atomic E-state index is -5.00. The van der Waals surface area contributed by atoms with Crippen LogP contribution in [0.2, 0.25) is 0 Å². The summed E-state index contributed by atoms with van der Waals surface area (Å²) >= 11 is 0. The summed E-state index contributed by atoms with van der Waals surface area (Å²) in [4.78, 5) is 14.7. The van der Waals surface area contributed by atoms with Crippen LogP contribution >= 0.6 is 0 Å². The topological polar surface area (TPSA) is 43.6 Å². The number of esters is 1. The first kappa shape index (κ1) is 10.5. The average molecular weight is 230 g/mol. The molecule has 4 nitrogen and oxygen atoms in total. The number of aromatic nitrogens is 2. The summed E-state index contributed by atoms with van der Waals surface area (Å²) in [7, 11) is 0. The number of pyridine rings is 1. The van der Waals surface area contributed by atoms with Gasteiger partial charge < -0.3 is 4.74 Å². The molecule has 16 heavy (non-hydrogen) atoms. The maximum absolute atomic E-state index is 11.8. The lowest BCUT2D eigenvalue weighted by Gasteiger charge is -2.05. The third-order valence-electron chi connectivity index (χ3n) is 1.83. The predicted molar refractivity (Wildman–Crippen MR) is 46.7 cm³/mol. The average Bonchev–Trinajstić information content (AvgIpc) is 2.58. The quantitative estimate of drug-likeness (QED) is 0.704. The highest BCUT2D eigenvalue weighted by molar-refractivity contribution is 5.86. The standard InChI is InChI=1S/C9H5F3N2O2/c10-9(11,12)16-8(15)7-13-5-6-3-1-2-4-14(6)7/h1-5H. The molecular formula is C9H5F3N2O2. The van der Waals surface area contributed by atoms with Gasteiger partial charge >= 0.3 is 12.3 Å². The molecule has 0 atom stereocenters. The summed E-state index contributed by atoms with van der Waals surface area (Å²) in [6, 6.07) is 4.85. The number of carbonyl (C=O) groups excluding carboxylic acids is 1. The van der Waals surface area contributed by atoms with Gasteiger partial charge in [-0.05, 0) is 12.1 Å². The Balaban J connectivity index is 2.37. The van der Waals surface area contributed by atoms with Crippen LogP contribution in [0.15, 0.2) is 30.6 Å². The summed E-state index contributed by atoms with van der Waals surface area (Å²) in [5.74, 6) is -1.94. The zero-order chi connectivity index (χ0) is 11.8. The third kappa shape index (κ3) is 1.97. The molecule has 0 N–H and O–H groups in total. The summed E-state index contributed by atoms with van der Waals surface area (Å²) in [5, 5.41) is 0. The van der Waals surface area contributed by atoms with Crippen molar-refractivity contribution in [2.24, 2.45) is 0 Å². The van der Waals surface area contributed by atoms with Crippen molar-refractivity contribution in [1.29, 1.82) is 0 Å². The molecule has 0 fully saturated rings. The van der Waals surface area contributed by atoms with E-state index in [-0.39, 0.29) is 0 Å². The number of hydrogen-bond acceptors (Lipinski definition) is 3. The minimum absolute atomic E-state index is 0.409.